The first-order chi connectivity index (χ1) is 52.9. The number of benzene rings is 4. The third kappa shape index (κ3) is 23.5. The number of aromatic nitrogens is 1. The van der Waals surface area contributed by atoms with Gasteiger partial charge in [0.05, 0.1) is 121 Å². The molecule has 0 saturated carbocycles. The average molecular weight is 1570 g/mol. The molecule has 604 valence electrons. The molecule has 4 aromatic carbocycles. The van der Waals surface area contributed by atoms with Crippen LogP contribution in [0.5, 0.6) is 0 Å². The molecule has 12 rings (SSSR count). The standard InChI is InChI=1S/C49H57F2N7O11.C28H40N4O8.CH4.H2S/c50-35-25-32(26-36(51)29-35)30-52-48(64)49(65)10-11-57(31-49)37-6-7-39-34(27-37)28-40(53-39)46(62)56-14-12-55(13-15-56)16-18-67-20-22-69-24-23-68-21-19-66-17-2-4-33-3-1-5-38-43(33)47(63)58(45(38)61)41-8-9-42(59)54-44(41)60;33-24-7-6-23(26(34)30-24)32-27(35)22-5-1-3-21(25(22)28(32)36)4-2-13-37-15-17-39-19-20-40-18-16-38-14-12-31-10-8-29-9-11-31;;/h1,3,5-7,25-29,41,53,65H,2,4,8-24,30-31H2,(H,52,64)(H,54,59,60);1,3,5,23,29H,2,4,6-20H2,(H,30,33,34);1H4;1H2/t41?,49-;;;/m1.../s1. The van der Waals surface area contributed by atoms with Crippen molar-refractivity contribution in [3.8, 4) is 0 Å². The van der Waals surface area contributed by atoms with Gasteiger partial charge in [-0.2, -0.15) is 13.5 Å². The number of amides is 10. The second-order valence-corrected chi connectivity index (χ2v) is 27.5. The molecular weight excluding hydrogens is 1460 g/mol. The van der Waals surface area contributed by atoms with Crippen molar-refractivity contribution >= 4 is 89.2 Å². The number of ether oxygens (including phenoxy) is 8. The molecule has 1 aromatic heterocycles. The molecule has 5 saturated heterocycles. The second kappa shape index (κ2) is 42.9. The predicted octanol–water partition coefficient (Wildman–Crippen LogP) is 3.30. The van der Waals surface area contributed by atoms with Gasteiger partial charge in [-0.1, -0.05) is 31.7 Å². The zero-order valence-electron chi connectivity index (χ0n) is 61.8. The van der Waals surface area contributed by atoms with Crippen LogP contribution in [0.1, 0.15) is 121 Å². The van der Waals surface area contributed by atoms with E-state index in [1.54, 1.807) is 30.3 Å². The lowest BCUT2D eigenvalue weighted by molar-refractivity contribution is -0.138. The molecule has 6 N–H and O–H groups in total. The molecule has 0 spiro atoms. The monoisotopic (exact) mass is 1570 g/mol. The number of aryl methyl sites for hydroxylation is 2. The van der Waals surface area contributed by atoms with E-state index in [4.69, 9.17) is 37.9 Å². The minimum absolute atomic E-state index is 0. The number of β-amino-alcohol motifs (C(OH)–C–C–N with tert-alkyl or cyclic N) is 1. The lowest BCUT2D eigenvalue weighted by atomic mass is 9.99. The van der Waals surface area contributed by atoms with Crippen LogP contribution in [-0.2, 0) is 81.3 Å². The molecule has 30 nitrogen and oxygen atoms in total. The molecule has 111 heavy (non-hydrogen) atoms. The number of halogens is 2. The van der Waals surface area contributed by atoms with Crippen molar-refractivity contribution < 1.29 is 99.7 Å². The van der Waals surface area contributed by atoms with Crippen LogP contribution in [0.15, 0.2) is 78.9 Å². The number of aliphatic hydroxyl groups is 1. The number of hydrogen-bond acceptors (Lipinski definition) is 23. The number of nitrogens with zero attached hydrogens (tertiary/aromatic N) is 6. The highest BCUT2D eigenvalue weighted by Crippen LogP contribution is 2.34. The highest BCUT2D eigenvalue weighted by atomic mass is 32.1. The SMILES string of the molecule is C.O=C1CCC(N2C(=O)c3cccc(CCCOCCOCCOCCOCCN4CCN(C(=O)c5cc6cc(N7CC[C@](O)(C(=O)NCc8cc(F)cc(F)c8)C7)ccc6[nH]5)CC4)c3C2=O)C(=O)N1.O=C1CCC(N2C(=O)c3cccc(CCCOCCOCCOCCOCCN4CCNCC4)c3C2=O)C(=O)N1.S. The van der Waals surface area contributed by atoms with Crippen molar-refractivity contribution in [3.63, 3.8) is 0 Å². The van der Waals surface area contributed by atoms with Crippen molar-refractivity contribution in [1.82, 2.24) is 50.8 Å². The van der Waals surface area contributed by atoms with Crippen LogP contribution < -0.4 is 26.2 Å². The number of fused-ring (bicyclic) bond motifs is 3. The van der Waals surface area contributed by atoms with E-state index in [1.165, 1.54) is 0 Å². The minimum atomic E-state index is -1.68. The third-order valence-electron chi connectivity index (χ3n) is 20.0. The van der Waals surface area contributed by atoms with Gasteiger partial charge in [0.15, 0.2) is 5.60 Å². The first kappa shape index (κ1) is 86.4. The van der Waals surface area contributed by atoms with Crippen molar-refractivity contribution in [2.45, 2.75) is 89.4 Å². The van der Waals surface area contributed by atoms with Gasteiger partial charge in [-0.15, -0.1) is 0 Å². The van der Waals surface area contributed by atoms with Crippen LogP contribution in [0.3, 0.4) is 0 Å². The highest BCUT2D eigenvalue weighted by molar-refractivity contribution is 7.59. The van der Waals surface area contributed by atoms with Crippen molar-refractivity contribution in [2.24, 2.45) is 0 Å². The Labute approximate surface area is 650 Å². The number of piperazine rings is 2. The maximum atomic E-state index is 13.6. The van der Waals surface area contributed by atoms with E-state index in [0.717, 1.165) is 96.0 Å². The summed E-state index contributed by atoms with van der Waals surface area (Å²) in [5.74, 6) is -6.26. The van der Waals surface area contributed by atoms with E-state index < -0.39 is 82.5 Å². The number of piperidine rings is 2. The van der Waals surface area contributed by atoms with E-state index in [-0.39, 0.29) is 83.2 Å². The lowest BCUT2D eigenvalue weighted by Crippen LogP contribution is -2.54. The average Bonchev–Trinajstić information content (AvgIpc) is 1.61. The van der Waals surface area contributed by atoms with Crippen LogP contribution >= 0.6 is 13.5 Å². The fourth-order valence-electron chi connectivity index (χ4n) is 14.2. The fourth-order valence-corrected chi connectivity index (χ4v) is 14.2. The van der Waals surface area contributed by atoms with Crippen LogP contribution in [0.4, 0.5) is 14.5 Å². The van der Waals surface area contributed by atoms with Gasteiger partial charge < -0.3 is 68.4 Å². The second-order valence-electron chi connectivity index (χ2n) is 27.5. The Morgan fingerprint density at radius 1 is 0.532 bits per heavy atom. The number of carbonyl (C=O) groups is 10. The molecule has 0 bridgehead atoms. The van der Waals surface area contributed by atoms with E-state index in [9.17, 15) is 61.8 Å². The van der Waals surface area contributed by atoms with Crippen LogP contribution in [-0.4, -0.2) is 296 Å². The summed E-state index contributed by atoms with van der Waals surface area (Å²) in [5.41, 5.74) is 3.30. The Hall–Kier alpha value is -8.55. The molecule has 7 aliphatic rings. The summed E-state index contributed by atoms with van der Waals surface area (Å²) in [4.78, 5) is 140. The van der Waals surface area contributed by atoms with E-state index >= 15 is 0 Å². The van der Waals surface area contributed by atoms with Gasteiger partial charge in [-0.25, -0.2) is 8.78 Å². The topological polar surface area (TPSA) is 348 Å². The summed E-state index contributed by atoms with van der Waals surface area (Å²) >= 11 is 0. The van der Waals surface area contributed by atoms with E-state index in [0.29, 0.717) is 185 Å². The molecule has 10 amide bonds. The predicted molar refractivity (Wildman–Crippen MR) is 406 cm³/mol. The number of aromatic amines is 1. The molecule has 0 aliphatic carbocycles. The highest BCUT2D eigenvalue weighted by Gasteiger charge is 2.48. The van der Waals surface area contributed by atoms with Gasteiger partial charge in [0.2, 0.25) is 23.6 Å². The summed E-state index contributed by atoms with van der Waals surface area (Å²) in [6.45, 7) is 16.5. The van der Waals surface area contributed by atoms with Gasteiger partial charge in [0, 0.05) is 134 Å². The van der Waals surface area contributed by atoms with Gasteiger partial charge in [0.25, 0.3) is 35.4 Å². The number of nitrogens with one attached hydrogen (secondary N) is 5. The first-order valence-electron chi connectivity index (χ1n) is 37.5. The Balaban J connectivity index is 0.000000287. The van der Waals surface area contributed by atoms with E-state index in [1.807, 2.05) is 40.1 Å². The Morgan fingerprint density at radius 3 is 1.47 bits per heavy atom. The van der Waals surface area contributed by atoms with Gasteiger partial charge >= 0.3 is 0 Å². The number of H-pyrrole nitrogens is 1. The largest absolute Gasteiger partial charge is 0.379 e. The number of imide groups is 4. The summed E-state index contributed by atoms with van der Waals surface area (Å²) in [5, 5.41) is 22.3. The molecule has 2 unspecified atom stereocenters. The van der Waals surface area contributed by atoms with Crippen LogP contribution in [0.2, 0.25) is 0 Å². The summed E-state index contributed by atoms with van der Waals surface area (Å²) < 4.78 is 72.1. The molecule has 5 aromatic rings. The fraction of sp³-hybridized carbons (Fsp3) is 0.538. The normalized spacial score (nSPS) is 19.4. The van der Waals surface area contributed by atoms with Crippen molar-refractivity contribution in [1.29, 1.82) is 0 Å². The van der Waals surface area contributed by atoms with Crippen LogP contribution in [0.25, 0.3) is 10.9 Å². The zero-order valence-corrected chi connectivity index (χ0v) is 62.8. The maximum Gasteiger partial charge on any atom is 0.270 e. The van der Waals surface area contributed by atoms with E-state index in [2.05, 4.69) is 36.1 Å². The Bertz CT molecular complexity index is 4030. The maximum absolute atomic E-state index is 13.6. The summed E-state index contributed by atoms with van der Waals surface area (Å²) in [7, 11) is 0. The Morgan fingerprint density at radius 2 is 0.991 bits per heavy atom. The summed E-state index contributed by atoms with van der Waals surface area (Å²) in [6, 6.07) is 18.8. The van der Waals surface area contributed by atoms with Crippen LogP contribution in [0, 0.1) is 11.6 Å². The first-order valence-corrected chi connectivity index (χ1v) is 37.5. The molecule has 7 aliphatic heterocycles. The quantitative estimate of drug-likeness (QED) is 0.0243. The number of anilines is 1. The molecule has 8 heterocycles. The molecule has 0 radical (unpaired) electrons. The molecular formula is C78H103F2N11O19S. The summed E-state index contributed by atoms with van der Waals surface area (Å²) in [6.07, 6.45) is 2.92. The minimum Gasteiger partial charge on any atom is -0.379 e. The molecule has 5 fully saturated rings. The smallest absolute Gasteiger partial charge is 0.270 e. The number of hydrogen-bond donors (Lipinski definition) is 6. The van der Waals surface area contributed by atoms with Crippen molar-refractivity contribution in [2.75, 3.05) is 189 Å². The van der Waals surface area contributed by atoms with Crippen molar-refractivity contribution in [3.05, 3.63) is 135 Å². The lowest BCUT2D eigenvalue weighted by Gasteiger charge is -2.34. The number of carbonyl (C=O) groups excluding carboxylic acids is 10. The molecule has 3 atom stereocenters. The molecule has 33 heteroatoms. The van der Waals surface area contributed by atoms with Gasteiger partial charge in [-0.3, -0.25) is 78.2 Å². The van der Waals surface area contributed by atoms with Gasteiger partial charge in [-0.05, 0) is 104 Å². The zero-order chi connectivity index (χ0) is 76.7. The Kier molecular flexibility index (Phi) is 33.4. The third-order valence-corrected chi connectivity index (χ3v) is 20.0. The number of rotatable bonds is 39. The van der Waals surface area contributed by atoms with Gasteiger partial charge in [0.1, 0.15) is 29.4 Å².